The van der Waals surface area contributed by atoms with Gasteiger partial charge in [0, 0.05) is 125 Å². The van der Waals surface area contributed by atoms with E-state index < -0.39 is 240 Å². The fourth-order valence-electron chi connectivity index (χ4n) is 17.9. The monoisotopic (exact) mass is 1910 g/mol. The molecular formula is C95H134FN19O20S. The number of para-hydroxylation sites is 2. The van der Waals surface area contributed by atoms with Gasteiger partial charge in [-0.2, -0.15) is 0 Å². The summed E-state index contributed by atoms with van der Waals surface area (Å²) in [5.41, 5.74) is 19.8. The SMILES string of the molecule is CCCC[C@H]1C(=O)N(C)[C@@H](CCCC)C(=O)N[C@@H](CCC(=O)O)C(=O)N[C@H](C(N)=O)CSCC(=O)N[C@@H](Cc2ccc(F)cc2)C(=O)N2CCCC[C@H]2C(=O)N[C@@H](CC(N)=O)C(=O)N2CCC[C@H]2C(=O)N[C@@H](CCC(=O)C(C)(C)C)C(=O)N[C@@H](CC(C)C)C(=O)N2C[C@H](O)C[C@H]2C(=O)N[C@@H](Cc2c[nH]c3ccccc23)C(=O)N[C@@H](CCN)C(=O)N[C@@H](Cc2cn(C)c3ccccc23)C(=O)N1C. The Kier molecular flexibility index (Phi) is 39.4. The first-order valence-electron chi connectivity index (χ1n) is 46.8. The molecule has 18 N–H and O–H groups in total. The zero-order valence-electron chi connectivity index (χ0n) is 79.1. The summed E-state index contributed by atoms with van der Waals surface area (Å²) < 4.78 is 16.3. The van der Waals surface area contributed by atoms with Gasteiger partial charge in [-0.25, -0.2) is 4.39 Å². The number of nitrogens with zero attached hydrogens (tertiary/aromatic N) is 6. The molecule has 0 aliphatic carbocycles. The van der Waals surface area contributed by atoms with Gasteiger partial charge in [0.2, 0.25) is 94.5 Å². The van der Waals surface area contributed by atoms with Gasteiger partial charge in [0.1, 0.15) is 96.2 Å². The van der Waals surface area contributed by atoms with Gasteiger partial charge in [-0.1, -0.05) is 123 Å². The number of aromatic amines is 1. The number of piperidine rings is 1. The Morgan fingerprint density at radius 1 is 0.529 bits per heavy atom. The first-order chi connectivity index (χ1) is 64.5. The third kappa shape index (κ3) is 29.1. The fourth-order valence-corrected chi connectivity index (χ4v) is 18.8. The number of carboxylic acids is 1. The van der Waals surface area contributed by atoms with Crippen LogP contribution in [0.15, 0.2) is 85.2 Å². The smallest absolute Gasteiger partial charge is 0.303 e. The number of aromatic nitrogens is 2. The Balaban J connectivity index is 1.11. The molecule has 4 fully saturated rings. The number of nitrogens with one attached hydrogen (secondary N) is 10. The van der Waals surface area contributed by atoms with Crippen molar-refractivity contribution in [3.8, 4) is 0 Å². The van der Waals surface area contributed by atoms with E-state index in [0.717, 1.165) is 44.1 Å². The van der Waals surface area contributed by atoms with E-state index in [1.807, 2.05) is 36.6 Å². The number of aliphatic hydroxyl groups is 1. The number of hydrogen-bond acceptors (Lipinski definition) is 21. The summed E-state index contributed by atoms with van der Waals surface area (Å²) in [6.07, 6.45) is 0.108. The van der Waals surface area contributed by atoms with Crippen LogP contribution in [0, 0.1) is 17.2 Å². The molecule has 0 saturated carbocycles. The first kappa shape index (κ1) is 107. The lowest BCUT2D eigenvalue weighted by atomic mass is 9.87. The van der Waals surface area contributed by atoms with E-state index in [1.165, 1.54) is 36.0 Å². The van der Waals surface area contributed by atoms with Crippen LogP contribution in [0.2, 0.25) is 0 Å². The molecule has 9 rings (SSSR count). The highest BCUT2D eigenvalue weighted by atomic mass is 32.2. The minimum Gasteiger partial charge on any atom is -0.481 e. The number of ketones is 1. The highest BCUT2D eigenvalue weighted by Crippen LogP contribution is 2.30. The number of fused-ring (bicyclic) bond motifs is 5. The first-order valence-corrected chi connectivity index (χ1v) is 48.0. The number of aliphatic carboxylic acids is 1. The van der Waals surface area contributed by atoms with Crippen LogP contribution in [0.5, 0.6) is 0 Å². The Hall–Kier alpha value is -12.4. The number of hydrogen-bond donors (Lipinski definition) is 15. The molecule has 4 aliphatic rings. The Morgan fingerprint density at radius 3 is 1.67 bits per heavy atom. The van der Waals surface area contributed by atoms with Crippen LogP contribution in [0.1, 0.15) is 187 Å². The lowest BCUT2D eigenvalue weighted by Gasteiger charge is -2.38. The number of aryl methyl sites for hydroxylation is 1. The minimum atomic E-state index is -1.78. The van der Waals surface area contributed by atoms with E-state index in [2.05, 4.69) is 52.8 Å². The summed E-state index contributed by atoms with van der Waals surface area (Å²) in [6.45, 7) is 11.2. The number of benzene rings is 3. The van der Waals surface area contributed by atoms with Gasteiger partial charge >= 0.3 is 5.97 Å². The van der Waals surface area contributed by atoms with E-state index in [-0.39, 0.29) is 115 Å². The molecule has 3 aromatic carbocycles. The number of amides is 16. The van der Waals surface area contributed by atoms with E-state index in [9.17, 15) is 48.2 Å². The molecule has 6 heterocycles. The predicted molar refractivity (Wildman–Crippen MR) is 503 cm³/mol. The second-order valence-electron chi connectivity index (χ2n) is 37.3. The van der Waals surface area contributed by atoms with Crippen LogP contribution in [0.3, 0.4) is 0 Å². The molecule has 16 amide bonds. The third-order valence-electron chi connectivity index (χ3n) is 25.4. The Labute approximate surface area is 794 Å². The van der Waals surface area contributed by atoms with Crippen LogP contribution in [-0.4, -0.2) is 293 Å². The molecule has 41 heteroatoms. The van der Waals surface area contributed by atoms with Gasteiger partial charge in [-0.3, -0.25) is 86.3 Å². The minimum absolute atomic E-state index is 0.00338. The summed E-state index contributed by atoms with van der Waals surface area (Å²) in [7, 11) is 4.48. The molecule has 39 nitrogen and oxygen atoms in total. The standard InChI is InChI=1S/C95H134FN19O20S/c1-11-13-25-72-86(127)103-63(35-37-80(120)121)83(124)109-70(81(99)122)51-136-52-79(119)101-67(43-54-30-32-57(96)33-31-54)91(132)113-40-20-19-28-73(113)88(129)108-69(47-78(98)118)92(133)114-41-21-29-74(114)87(128)104-62(34-36-77(117)95(5,6)7)82(123)106-66(42-53(3)4)93(134)115-50-58(116)46-76(115)89(130)105-65(44-55-48-100-61-24-17-15-22-59(55)61)85(126)102-64(38-39-97)84(125)107-68(45-56-49-110(8)71-27-18-16-23-60(56)71)90(131)112(10)75(26-14-12-2)94(135)111(72)9/h15-18,22-24,27,30-33,48-49,53,58,62-70,72-76,100,116H,11-14,19-21,25-26,28-29,34-47,50-52,97H2,1-10H3,(H2,98,118)(H2,99,122)(H,101,119)(H,102,126)(H,103,127)(H,104,128)(H,105,130)(H,106,123)(H,107,125)(H,108,129)(H,109,124)(H,120,121)/t58-,62+,63+,64+,65+,66+,67+,68+,69+,70+,72+,73+,74+,75+,76+/m1/s1. The van der Waals surface area contributed by atoms with E-state index in [1.54, 1.807) is 84.4 Å². The number of thioether (sulfide) groups is 1. The molecule has 5 aromatic rings. The lowest BCUT2D eigenvalue weighted by molar-refractivity contribution is -0.149. The van der Waals surface area contributed by atoms with E-state index in [0.29, 0.717) is 71.5 Å². The van der Waals surface area contributed by atoms with Crippen molar-refractivity contribution in [3.05, 3.63) is 108 Å². The second-order valence-corrected chi connectivity index (χ2v) is 38.3. The number of halogens is 1. The van der Waals surface area contributed by atoms with Crippen molar-refractivity contribution in [1.82, 2.24) is 81.9 Å². The van der Waals surface area contributed by atoms with Gasteiger partial charge in [-0.05, 0) is 124 Å². The van der Waals surface area contributed by atoms with Crippen molar-refractivity contribution in [3.63, 3.8) is 0 Å². The molecule has 15 atom stereocenters. The highest BCUT2D eigenvalue weighted by molar-refractivity contribution is 8.00. The quantitative estimate of drug-likeness (QED) is 0.0392. The number of rotatable bonds is 25. The normalized spacial score (nSPS) is 25.4. The molecule has 0 bridgehead atoms. The number of likely N-dealkylation sites (N-methyl/N-ethyl adjacent to an activating group) is 2. The molecular weight excluding hydrogens is 1780 g/mol. The van der Waals surface area contributed by atoms with Gasteiger partial charge < -0.3 is 109 Å². The topological polar surface area (TPSA) is 571 Å². The maximum atomic E-state index is 15.9. The molecule has 136 heavy (non-hydrogen) atoms. The zero-order valence-corrected chi connectivity index (χ0v) is 79.9. The highest BCUT2D eigenvalue weighted by Gasteiger charge is 2.48. The number of nitrogens with two attached hydrogens (primary N) is 3. The van der Waals surface area contributed by atoms with Crippen molar-refractivity contribution < 1.29 is 101 Å². The second kappa shape index (κ2) is 49.9. The van der Waals surface area contributed by atoms with Crippen molar-refractivity contribution in [1.29, 1.82) is 0 Å². The van der Waals surface area contributed by atoms with Crippen LogP contribution < -0.4 is 65.1 Å². The van der Waals surface area contributed by atoms with Gasteiger partial charge in [0.15, 0.2) is 0 Å². The molecule has 0 spiro atoms. The Bertz CT molecular complexity index is 5160. The largest absolute Gasteiger partial charge is 0.481 e. The number of carbonyl (C=O) groups excluding carboxylic acids is 17. The van der Waals surface area contributed by atoms with Gasteiger partial charge in [0.25, 0.3) is 0 Å². The number of unbranched alkanes of at least 4 members (excludes halogenated alkanes) is 2. The van der Waals surface area contributed by atoms with E-state index >= 15 is 52.7 Å². The molecule has 742 valence electrons. The van der Waals surface area contributed by atoms with Crippen molar-refractivity contribution in [2.45, 2.75) is 280 Å². The molecule has 4 saturated heterocycles. The number of primary amides is 2. The molecule has 0 radical (unpaired) electrons. The number of carboxylic acid groups (broad SMARTS) is 1. The predicted octanol–water partition coefficient (Wildman–Crippen LogP) is 1.32. The number of carbonyl (C=O) groups is 18. The van der Waals surface area contributed by atoms with Crippen molar-refractivity contribution in [2.24, 2.45) is 35.6 Å². The summed E-state index contributed by atoms with van der Waals surface area (Å²) in [6, 6.07) is -2.29. The number of Topliss-reactive ketones (excluding diaryl/α,β-unsaturated/α-hetero) is 1. The lowest BCUT2D eigenvalue weighted by Crippen LogP contribution is -2.61. The van der Waals surface area contributed by atoms with Crippen molar-refractivity contribution >= 4 is 140 Å². The third-order valence-corrected chi connectivity index (χ3v) is 26.5. The molecule has 0 unspecified atom stereocenters. The Morgan fingerprint density at radius 2 is 1.04 bits per heavy atom. The summed E-state index contributed by atoms with van der Waals surface area (Å²) in [5.74, 6) is -18.7. The van der Waals surface area contributed by atoms with Crippen LogP contribution in [0.25, 0.3) is 21.8 Å². The average molecular weight is 1910 g/mol. The number of aliphatic hydroxyl groups excluding tert-OH is 1. The summed E-state index contributed by atoms with van der Waals surface area (Å²) in [5, 5.41) is 47.2. The van der Waals surface area contributed by atoms with Gasteiger partial charge in [-0.15, -0.1) is 11.8 Å². The van der Waals surface area contributed by atoms with Crippen LogP contribution in [-0.2, 0) is 113 Å². The van der Waals surface area contributed by atoms with Crippen molar-refractivity contribution in [2.75, 3.05) is 51.8 Å². The number of H-pyrrole nitrogens is 1. The van der Waals surface area contributed by atoms with Crippen LogP contribution >= 0.6 is 11.8 Å². The summed E-state index contributed by atoms with van der Waals surface area (Å²) in [4.78, 5) is 274. The maximum absolute atomic E-state index is 15.9. The molecule has 4 aliphatic heterocycles. The van der Waals surface area contributed by atoms with Crippen LogP contribution in [0.4, 0.5) is 4.39 Å². The zero-order chi connectivity index (χ0) is 99.7. The fraction of sp³-hybridized carbons (Fsp3) is 0.579. The summed E-state index contributed by atoms with van der Waals surface area (Å²) >= 11 is 0.756. The average Bonchev–Trinajstić information content (AvgIpc) is 1.62. The maximum Gasteiger partial charge on any atom is 0.303 e. The molecule has 2 aromatic heterocycles. The van der Waals surface area contributed by atoms with Gasteiger partial charge in [0.05, 0.1) is 18.3 Å². The van der Waals surface area contributed by atoms with E-state index in [4.69, 9.17) is 17.2 Å².